The summed E-state index contributed by atoms with van der Waals surface area (Å²) in [5.74, 6) is 1.33. The molecule has 3 N–H and O–H groups in total. The van der Waals surface area contributed by atoms with Crippen LogP contribution in [0.4, 0.5) is 5.13 Å². The van der Waals surface area contributed by atoms with Crippen LogP contribution < -0.4 is 11.1 Å². The van der Waals surface area contributed by atoms with E-state index in [-0.39, 0.29) is 5.91 Å². The second-order valence-corrected chi connectivity index (χ2v) is 7.03. The number of nitrogens with one attached hydrogen (secondary N) is 1. The van der Waals surface area contributed by atoms with E-state index in [9.17, 15) is 4.79 Å². The van der Waals surface area contributed by atoms with Gasteiger partial charge in [-0.25, -0.2) is 4.98 Å². The normalized spacial score (nSPS) is 22.3. The SMILES string of the molecule is CC1CCCCC1CNC(=O)c1ccc2nc(N)sc2c1. The smallest absolute Gasteiger partial charge is 0.251 e. The van der Waals surface area contributed by atoms with Crippen LogP contribution in [0.1, 0.15) is 43.0 Å². The van der Waals surface area contributed by atoms with Gasteiger partial charge in [0.25, 0.3) is 5.91 Å². The predicted octanol–water partition coefficient (Wildman–Crippen LogP) is 3.43. The molecule has 1 aromatic heterocycles. The number of carbonyl (C=O) groups excluding carboxylic acids is 1. The lowest BCUT2D eigenvalue weighted by Gasteiger charge is -2.28. The number of nitrogens with zero attached hydrogens (tertiary/aromatic N) is 1. The maximum atomic E-state index is 12.3. The van der Waals surface area contributed by atoms with Gasteiger partial charge in [0.15, 0.2) is 5.13 Å². The van der Waals surface area contributed by atoms with Crippen LogP contribution in [-0.2, 0) is 0 Å². The van der Waals surface area contributed by atoms with Crippen LogP contribution in [0.3, 0.4) is 0 Å². The van der Waals surface area contributed by atoms with Crippen LogP contribution in [0.2, 0.25) is 0 Å². The quantitative estimate of drug-likeness (QED) is 0.912. The first kappa shape index (κ1) is 14.3. The molecular weight excluding hydrogens is 282 g/mol. The minimum atomic E-state index is 0.00152. The van der Waals surface area contributed by atoms with Gasteiger partial charge in [0.1, 0.15) is 0 Å². The second kappa shape index (κ2) is 6.02. The summed E-state index contributed by atoms with van der Waals surface area (Å²) >= 11 is 1.42. The minimum absolute atomic E-state index is 0.00152. The Morgan fingerprint density at radius 1 is 1.43 bits per heavy atom. The first-order chi connectivity index (χ1) is 10.1. The predicted molar refractivity (Wildman–Crippen MR) is 87.5 cm³/mol. The lowest BCUT2D eigenvalue weighted by Crippen LogP contribution is -2.33. The first-order valence-electron chi connectivity index (χ1n) is 7.58. The maximum absolute atomic E-state index is 12.3. The van der Waals surface area contributed by atoms with Crippen molar-refractivity contribution in [2.75, 3.05) is 12.3 Å². The highest BCUT2D eigenvalue weighted by molar-refractivity contribution is 7.22. The van der Waals surface area contributed by atoms with Crippen LogP contribution >= 0.6 is 11.3 Å². The van der Waals surface area contributed by atoms with Crippen LogP contribution in [0.25, 0.3) is 10.2 Å². The number of fused-ring (bicyclic) bond motifs is 1. The molecule has 0 spiro atoms. The van der Waals surface area contributed by atoms with Crippen LogP contribution in [0.5, 0.6) is 0 Å². The summed E-state index contributed by atoms with van der Waals surface area (Å²) in [5, 5.41) is 3.62. The average molecular weight is 303 g/mol. The fourth-order valence-electron chi connectivity index (χ4n) is 3.11. The zero-order valence-electron chi connectivity index (χ0n) is 12.3. The molecule has 21 heavy (non-hydrogen) atoms. The molecule has 0 aliphatic heterocycles. The number of amides is 1. The Morgan fingerprint density at radius 3 is 3.05 bits per heavy atom. The fourth-order valence-corrected chi connectivity index (χ4v) is 3.88. The highest BCUT2D eigenvalue weighted by Gasteiger charge is 2.21. The van der Waals surface area contributed by atoms with Gasteiger partial charge in [0, 0.05) is 12.1 Å². The average Bonchev–Trinajstić information content (AvgIpc) is 2.85. The van der Waals surface area contributed by atoms with Crippen molar-refractivity contribution in [3.63, 3.8) is 0 Å². The highest BCUT2D eigenvalue weighted by atomic mass is 32.1. The molecule has 2 atom stereocenters. The largest absolute Gasteiger partial charge is 0.375 e. The van der Waals surface area contributed by atoms with Gasteiger partial charge in [-0.2, -0.15) is 0 Å². The Labute approximate surface area is 128 Å². The Hall–Kier alpha value is -1.62. The second-order valence-electron chi connectivity index (χ2n) is 5.97. The molecule has 4 nitrogen and oxygen atoms in total. The van der Waals surface area contributed by atoms with Crippen molar-refractivity contribution in [3.8, 4) is 0 Å². The van der Waals surface area contributed by atoms with Gasteiger partial charge in [-0.1, -0.05) is 37.5 Å². The molecule has 2 unspecified atom stereocenters. The van der Waals surface area contributed by atoms with E-state index in [1.807, 2.05) is 18.2 Å². The molecule has 1 aliphatic rings. The number of nitrogens with two attached hydrogens (primary N) is 1. The van der Waals surface area contributed by atoms with E-state index in [1.165, 1.54) is 37.0 Å². The summed E-state index contributed by atoms with van der Waals surface area (Å²) in [6.45, 7) is 3.07. The van der Waals surface area contributed by atoms with Crippen molar-refractivity contribution in [2.45, 2.75) is 32.6 Å². The van der Waals surface area contributed by atoms with Gasteiger partial charge in [0.2, 0.25) is 0 Å². The lowest BCUT2D eigenvalue weighted by molar-refractivity contribution is 0.0936. The van der Waals surface area contributed by atoms with Crippen molar-refractivity contribution in [3.05, 3.63) is 23.8 Å². The summed E-state index contributed by atoms with van der Waals surface area (Å²) in [4.78, 5) is 16.5. The third-order valence-corrected chi connectivity index (χ3v) is 5.33. The Morgan fingerprint density at radius 2 is 2.24 bits per heavy atom. The monoisotopic (exact) mass is 303 g/mol. The van der Waals surface area contributed by atoms with E-state index in [4.69, 9.17) is 5.73 Å². The van der Waals surface area contributed by atoms with Gasteiger partial charge in [0.05, 0.1) is 10.2 Å². The number of nitrogen functional groups attached to an aromatic ring is 1. The van der Waals surface area contributed by atoms with Crippen molar-refractivity contribution in [1.82, 2.24) is 10.3 Å². The number of hydrogen-bond acceptors (Lipinski definition) is 4. The summed E-state index contributed by atoms with van der Waals surface area (Å²) in [6, 6.07) is 5.56. The van der Waals surface area contributed by atoms with E-state index in [1.54, 1.807) is 0 Å². The van der Waals surface area contributed by atoms with Crippen molar-refractivity contribution < 1.29 is 4.79 Å². The highest BCUT2D eigenvalue weighted by Crippen LogP contribution is 2.29. The number of thiazole rings is 1. The molecular formula is C16H21N3OS. The molecule has 5 heteroatoms. The summed E-state index contributed by atoms with van der Waals surface area (Å²) < 4.78 is 0.964. The molecule has 3 rings (SSSR count). The molecule has 1 amide bonds. The van der Waals surface area contributed by atoms with Crippen molar-refractivity contribution in [2.24, 2.45) is 11.8 Å². The maximum Gasteiger partial charge on any atom is 0.251 e. The molecule has 0 saturated heterocycles. The number of anilines is 1. The zero-order chi connectivity index (χ0) is 14.8. The van der Waals surface area contributed by atoms with Gasteiger partial charge in [-0.15, -0.1) is 0 Å². The van der Waals surface area contributed by atoms with Gasteiger partial charge in [-0.05, 0) is 36.5 Å². The Kier molecular flexibility index (Phi) is 4.10. The van der Waals surface area contributed by atoms with Gasteiger partial charge < -0.3 is 11.1 Å². The zero-order valence-corrected chi connectivity index (χ0v) is 13.1. The molecule has 1 heterocycles. The molecule has 1 saturated carbocycles. The minimum Gasteiger partial charge on any atom is -0.375 e. The number of aromatic nitrogens is 1. The summed E-state index contributed by atoms with van der Waals surface area (Å²) in [5.41, 5.74) is 7.24. The number of hydrogen-bond donors (Lipinski definition) is 2. The number of rotatable bonds is 3. The van der Waals surface area contributed by atoms with Crippen LogP contribution in [0.15, 0.2) is 18.2 Å². The van der Waals surface area contributed by atoms with E-state index >= 15 is 0 Å². The van der Waals surface area contributed by atoms with Gasteiger partial charge >= 0.3 is 0 Å². The van der Waals surface area contributed by atoms with Crippen LogP contribution in [0, 0.1) is 11.8 Å². The standard InChI is InChI=1S/C16H21N3OS/c1-10-4-2-3-5-12(10)9-18-15(20)11-6-7-13-14(8-11)21-16(17)19-13/h6-8,10,12H,2-5,9H2,1H3,(H2,17,19)(H,18,20). The molecule has 112 valence electrons. The molecule has 1 fully saturated rings. The van der Waals surface area contributed by atoms with E-state index in [2.05, 4.69) is 17.2 Å². The topological polar surface area (TPSA) is 68.0 Å². The molecule has 1 aliphatic carbocycles. The Balaban J connectivity index is 1.66. The van der Waals surface area contributed by atoms with E-state index in [0.717, 1.165) is 16.8 Å². The van der Waals surface area contributed by atoms with Crippen molar-refractivity contribution >= 4 is 32.6 Å². The first-order valence-corrected chi connectivity index (χ1v) is 8.39. The third kappa shape index (κ3) is 3.18. The van der Waals surface area contributed by atoms with E-state index < -0.39 is 0 Å². The van der Waals surface area contributed by atoms with Crippen molar-refractivity contribution in [1.29, 1.82) is 0 Å². The number of benzene rings is 1. The van der Waals surface area contributed by atoms with E-state index in [0.29, 0.717) is 22.5 Å². The summed E-state index contributed by atoms with van der Waals surface area (Å²) in [6.07, 6.45) is 5.13. The fraction of sp³-hybridized carbons (Fsp3) is 0.500. The Bertz CT molecular complexity index is 652. The number of carbonyl (C=O) groups is 1. The lowest BCUT2D eigenvalue weighted by atomic mass is 9.80. The molecule has 0 radical (unpaired) electrons. The van der Waals surface area contributed by atoms with Gasteiger partial charge in [-0.3, -0.25) is 4.79 Å². The molecule has 1 aromatic carbocycles. The third-order valence-electron chi connectivity index (χ3n) is 4.48. The summed E-state index contributed by atoms with van der Waals surface area (Å²) in [7, 11) is 0. The van der Waals surface area contributed by atoms with Crippen LogP contribution in [-0.4, -0.2) is 17.4 Å². The molecule has 0 bridgehead atoms. The molecule has 2 aromatic rings.